The molecular weight excluding hydrogens is 354 g/mol. The smallest absolute Gasteiger partial charge is 0.253 e. The van der Waals surface area contributed by atoms with Crippen LogP contribution in [0.2, 0.25) is 0 Å². The van der Waals surface area contributed by atoms with Gasteiger partial charge in [0.05, 0.1) is 18.3 Å². The molecule has 2 aromatic rings. The summed E-state index contributed by atoms with van der Waals surface area (Å²) in [6, 6.07) is 11.5. The molecule has 2 aromatic carbocycles. The molecule has 6 nitrogen and oxygen atoms in total. The first-order chi connectivity index (χ1) is 13.6. The molecule has 6 heteroatoms. The minimum Gasteiger partial charge on any atom is -0.497 e. The summed E-state index contributed by atoms with van der Waals surface area (Å²) in [5.74, 6) is 2.99. The summed E-state index contributed by atoms with van der Waals surface area (Å²) in [6.45, 7) is 2.26. The van der Waals surface area contributed by atoms with Gasteiger partial charge in [-0.15, -0.1) is 0 Å². The SMILES string of the molecule is COc1ccc2c(c1)[C@@]1(C=C(N)NC1)c1cc(C(=O)N3CCCC3)ccc1O2. The van der Waals surface area contributed by atoms with Gasteiger partial charge in [-0.05, 0) is 55.3 Å². The average molecular weight is 377 g/mol. The van der Waals surface area contributed by atoms with E-state index in [0.717, 1.165) is 54.3 Å². The van der Waals surface area contributed by atoms with Crippen LogP contribution in [0.1, 0.15) is 34.3 Å². The number of benzene rings is 2. The summed E-state index contributed by atoms with van der Waals surface area (Å²) >= 11 is 0. The molecule has 0 bridgehead atoms. The molecule has 3 aliphatic heterocycles. The maximum atomic E-state index is 13.0. The third-order valence-electron chi connectivity index (χ3n) is 5.96. The summed E-state index contributed by atoms with van der Waals surface area (Å²) < 4.78 is 11.6. The molecule has 0 aromatic heterocycles. The number of carbonyl (C=O) groups is 1. The Labute approximate surface area is 163 Å². The van der Waals surface area contributed by atoms with Crippen LogP contribution in [-0.4, -0.2) is 37.6 Å². The molecular formula is C22H23N3O3. The molecule has 5 rings (SSSR count). The lowest BCUT2D eigenvalue weighted by molar-refractivity contribution is 0.0792. The van der Waals surface area contributed by atoms with E-state index < -0.39 is 5.41 Å². The fourth-order valence-corrected chi connectivity index (χ4v) is 4.50. The van der Waals surface area contributed by atoms with Gasteiger partial charge >= 0.3 is 0 Å². The van der Waals surface area contributed by atoms with Gasteiger partial charge in [-0.1, -0.05) is 0 Å². The van der Waals surface area contributed by atoms with E-state index in [2.05, 4.69) is 5.32 Å². The van der Waals surface area contributed by atoms with Crippen molar-refractivity contribution in [1.82, 2.24) is 10.2 Å². The number of hydrogen-bond donors (Lipinski definition) is 2. The molecule has 0 unspecified atom stereocenters. The molecule has 3 aliphatic rings. The molecule has 1 atom stereocenters. The second-order valence-electron chi connectivity index (χ2n) is 7.60. The van der Waals surface area contributed by atoms with Crippen molar-refractivity contribution in [2.75, 3.05) is 26.7 Å². The van der Waals surface area contributed by atoms with E-state index in [-0.39, 0.29) is 5.91 Å². The van der Waals surface area contributed by atoms with Crippen molar-refractivity contribution >= 4 is 5.91 Å². The first-order valence-electron chi connectivity index (χ1n) is 9.63. The van der Waals surface area contributed by atoms with E-state index in [9.17, 15) is 4.79 Å². The number of carbonyl (C=O) groups excluding carboxylic acids is 1. The third kappa shape index (κ3) is 2.44. The van der Waals surface area contributed by atoms with Crippen LogP contribution in [0.3, 0.4) is 0 Å². The molecule has 0 saturated carbocycles. The van der Waals surface area contributed by atoms with Gasteiger partial charge in [0.1, 0.15) is 17.2 Å². The number of likely N-dealkylation sites (tertiary alicyclic amines) is 1. The molecule has 1 fully saturated rings. The van der Waals surface area contributed by atoms with Crippen LogP contribution in [0.15, 0.2) is 48.3 Å². The summed E-state index contributed by atoms with van der Waals surface area (Å²) in [4.78, 5) is 14.9. The zero-order chi connectivity index (χ0) is 19.3. The predicted octanol–water partition coefficient (Wildman–Crippen LogP) is 2.73. The number of hydrogen-bond acceptors (Lipinski definition) is 5. The van der Waals surface area contributed by atoms with Crippen LogP contribution >= 0.6 is 0 Å². The van der Waals surface area contributed by atoms with E-state index in [1.807, 2.05) is 47.4 Å². The monoisotopic (exact) mass is 377 g/mol. The van der Waals surface area contributed by atoms with E-state index in [4.69, 9.17) is 15.2 Å². The Morgan fingerprint density at radius 1 is 1.14 bits per heavy atom. The van der Waals surface area contributed by atoms with Gasteiger partial charge in [0.25, 0.3) is 5.91 Å². The second kappa shape index (κ2) is 6.19. The van der Waals surface area contributed by atoms with E-state index in [1.54, 1.807) is 7.11 Å². The van der Waals surface area contributed by atoms with Crippen LogP contribution in [0, 0.1) is 0 Å². The van der Waals surface area contributed by atoms with E-state index in [1.165, 1.54) is 0 Å². The quantitative estimate of drug-likeness (QED) is 0.842. The number of methoxy groups -OCH3 is 1. The molecule has 1 saturated heterocycles. The lowest BCUT2D eigenvalue weighted by atomic mass is 9.72. The minimum atomic E-state index is -0.497. The average Bonchev–Trinajstić information content (AvgIpc) is 3.38. The lowest BCUT2D eigenvalue weighted by Gasteiger charge is -2.36. The highest BCUT2D eigenvalue weighted by molar-refractivity contribution is 5.95. The van der Waals surface area contributed by atoms with Gasteiger partial charge in [-0.2, -0.15) is 0 Å². The van der Waals surface area contributed by atoms with Crippen LogP contribution in [0.25, 0.3) is 0 Å². The minimum absolute atomic E-state index is 0.0785. The Bertz CT molecular complexity index is 995. The van der Waals surface area contributed by atoms with Gasteiger partial charge in [0.2, 0.25) is 0 Å². The topological polar surface area (TPSA) is 76.8 Å². The maximum Gasteiger partial charge on any atom is 0.253 e. The molecule has 0 radical (unpaired) electrons. The van der Waals surface area contributed by atoms with Gasteiger partial charge in [0, 0.05) is 36.3 Å². The number of nitrogens with two attached hydrogens (primary N) is 1. The van der Waals surface area contributed by atoms with Crippen molar-refractivity contribution in [3.05, 3.63) is 65.0 Å². The number of amides is 1. The first-order valence-corrected chi connectivity index (χ1v) is 9.63. The summed E-state index contributed by atoms with van der Waals surface area (Å²) in [5.41, 5.74) is 8.25. The Morgan fingerprint density at radius 2 is 1.86 bits per heavy atom. The highest BCUT2D eigenvalue weighted by atomic mass is 16.5. The second-order valence-corrected chi connectivity index (χ2v) is 7.60. The Hall–Kier alpha value is -3.15. The molecule has 28 heavy (non-hydrogen) atoms. The van der Waals surface area contributed by atoms with Crippen LogP contribution in [0.4, 0.5) is 0 Å². The van der Waals surface area contributed by atoms with Gasteiger partial charge < -0.3 is 25.4 Å². The highest BCUT2D eigenvalue weighted by Gasteiger charge is 2.44. The lowest BCUT2D eigenvalue weighted by Crippen LogP contribution is -2.35. The first kappa shape index (κ1) is 17.0. The number of ether oxygens (including phenoxy) is 2. The third-order valence-corrected chi connectivity index (χ3v) is 5.96. The summed E-state index contributed by atoms with van der Waals surface area (Å²) in [7, 11) is 1.65. The fourth-order valence-electron chi connectivity index (χ4n) is 4.50. The number of nitrogens with one attached hydrogen (secondary N) is 1. The van der Waals surface area contributed by atoms with E-state index >= 15 is 0 Å². The zero-order valence-electron chi connectivity index (χ0n) is 15.8. The molecule has 1 amide bonds. The summed E-state index contributed by atoms with van der Waals surface area (Å²) in [5, 5.41) is 3.25. The van der Waals surface area contributed by atoms with E-state index in [0.29, 0.717) is 17.9 Å². The zero-order valence-corrected chi connectivity index (χ0v) is 15.8. The van der Waals surface area contributed by atoms with Crippen molar-refractivity contribution in [2.24, 2.45) is 5.73 Å². The standard InChI is InChI=1S/C22H23N3O3/c1-27-15-5-7-19-17(11-15)22(12-20(23)24-13-22)16-10-14(4-6-18(16)28-19)21(26)25-8-2-3-9-25/h4-7,10-12,24H,2-3,8-9,13,23H2,1H3/t22-/m1/s1. The maximum absolute atomic E-state index is 13.0. The number of fused-ring (bicyclic) bond motifs is 4. The Balaban J connectivity index is 1.66. The predicted molar refractivity (Wildman–Crippen MR) is 106 cm³/mol. The molecule has 144 valence electrons. The normalized spacial score (nSPS) is 22.2. The number of rotatable bonds is 2. The van der Waals surface area contributed by atoms with Gasteiger partial charge in [-0.3, -0.25) is 4.79 Å². The van der Waals surface area contributed by atoms with Crippen LogP contribution in [-0.2, 0) is 5.41 Å². The molecule has 3 N–H and O–H groups in total. The van der Waals surface area contributed by atoms with Crippen LogP contribution in [0.5, 0.6) is 17.2 Å². The molecule has 1 spiro atoms. The van der Waals surface area contributed by atoms with Crippen LogP contribution < -0.4 is 20.5 Å². The van der Waals surface area contributed by atoms with Crippen molar-refractivity contribution in [1.29, 1.82) is 0 Å². The van der Waals surface area contributed by atoms with Gasteiger partial charge in [0.15, 0.2) is 0 Å². The Kier molecular flexibility index (Phi) is 3.75. The van der Waals surface area contributed by atoms with Gasteiger partial charge in [-0.25, -0.2) is 0 Å². The molecule has 0 aliphatic carbocycles. The van der Waals surface area contributed by atoms with Crippen molar-refractivity contribution < 1.29 is 14.3 Å². The largest absolute Gasteiger partial charge is 0.497 e. The summed E-state index contributed by atoms with van der Waals surface area (Å²) in [6.07, 6.45) is 4.16. The highest BCUT2D eigenvalue weighted by Crippen LogP contribution is 2.51. The Morgan fingerprint density at radius 3 is 2.54 bits per heavy atom. The van der Waals surface area contributed by atoms with Crippen molar-refractivity contribution in [2.45, 2.75) is 18.3 Å². The number of nitrogens with zero attached hydrogens (tertiary/aromatic N) is 1. The molecule has 3 heterocycles. The van der Waals surface area contributed by atoms with Crippen molar-refractivity contribution in [3.63, 3.8) is 0 Å². The fraction of sp³-hybridized carbons (Fsp3) is 0.318. The van der Waals surface area contributed by atoms with Crippen molar-refractivity contribution in [3.8, 4) is 17.2 Å².